The fourth-order valence-corrected chi connectivity index (χ4v) is 5.64. The van der Waals surface area contributed by atoms with Crippen LogP contribution in [0.5, 0.6) is 0 Å². The highest BCUT2D eigenvalue weighted by Gasteiger charge is 2.57. The van der Waals surface area contributed by atoms with Crippen LogP contribution < -0.4 is 5.73 Å². The molecule has 4 rings (SSSR count). The van der Waals surface area contributed by atoms with Crippen molar-refractivity contribution in [3.63, 3.8) is 0 Å². The van der Waals surface area contributed by atoms with Gasteiger partial charge in [0.15, 0.2) is 11.9 Å². The predicted octanol–water partition coefficient (Wildman–Crippen LogP) is 1.22. The highest BCUT2D eigenvalue weighted by molar-refractivity contribution is 6.28. The summed E-state index contributed by atoms with van der Waals surface area (Å²) >= 11 is 0. The summed E-state index contributed by atoms with van der Waals surface area (Å²) in [5.41, 5.74) is 7.80. The van der Waals surface area contributed by atoms with Crippen LogP contribution in [0, 0.1) is 12.8 Å². The van der Waals surface area contributed by atoms with Crippen molar-refractivity contribution in [1.82, 2.24) is 19.5 Å². The topological polar surface area (TPSA) is 108 Å². The smallest absolute Gasteiger partial charge is 0.222 e. The number of anilines is 1. The molecule has 1 aliphatic heterocycles. The Morgan fingerprint density at radius 2 is 2.28 bits per heavy atom. The second kappa shape index (κ2) is 6.01. The molecule has 9 heteroatoms. The molecule has 1 spiro atoms. The Morgan fingerprint density at radius 3 is 2.92 bits per heavy atom. The van der Waals surface area contributed by atoms with E-state index in [1.807, 2.05) is 18.4 Å². The first-order valence-electron chi connectivity index (χ1n) is 8.65. The SMILES string of the molecule is CC[C@@H]1[C@@H]([Si-]O)C[C@H](n2cnc3c(C)nc(N)nc32)[C@]12COC(C)O2. The molecule has 25 heavy (non-hydrogen) atoms. The zero-order valence-corrected chi connectivity index (χ0v) is 15.6. The van der Waals surface area contributed by atoms with E-state index in [2.05, 4.69) is 21.9 Å². The Balaban J connectivity index is 1.86. The largest absolute Gasteiger partial charge is 0.634 e. The van der Waals surface area contributed by atoms with E-state index >= 15 is 0 Å². The van der Waals surface area contributed by atoms with Crippen LogP contribution >= 0.6 is 0 Å². The highest BCUT2D eigenvalue weighted by atomic mass is 28.2. The zero-order chi connectivity index (χ0) is 17.8. The summed E-state index contributed by atoms with van der Waals surface area (Å²) in [6.45, 7) is 6.46. The number of hydrogen-bond acceptors (Lipinski definition) is 7. The maximum absolute atomic E-state index is 9.95. The van der Waals surface area contributed by atoms with Crippen LogP contribution in [0.1, 0.15) is 38.4 Å². The first-order valence-corrected chi connectivity index (χ1v) is 9.68. The summed E-state index contributed by atoms with van der Waals surface area (Å²) in [7, 11) is -0.123. The average molecular weight is 361 g/mol. The van der Waals surface area contributed by atoms with E-state index in [0.717, 1.165) is 24.1 Å². The predicted molar refractivity (Wildman–Crippen MR) is 92.9 cm³/mol. The van der Waals surface area contributed by atoms with Crippen molar-refractivity contribution < 1.29 is 14.3 Å². The average Bonchev–Trinajstić information content (AvgIpc) is 3.23. The van der Waals surface area contributed by atoms with E-state index in [4.69, 9.17) is 15.2 Å². The molecule has 1 unspecified atom stereocenters. The Labute approximate surface area is 148 Å². The van der Waals surface area contributed by atoms with E-state index in [0.29, 0.717) is 12.3 Å². The van der Waals surface area contributed by atoms with Crippen molar-refractivity contribution in [1.29, 1.82) is 0 Å². The van der Waals surface area contributed by atoms with Crippen LogP contribution in [-0.2, 0) is 9.47 Å². The molecule has 0 amide bonds. The molecule has 2 aromatic rings. The normalized spacial score (nSPS) is 35.2. The molecule has 3 heterocycles. The van der Waals surface area contributed by atoms with E-state index in [9.17, 15) is 4.80 Å². The number of nitrogens with two attached hydrogens (primary N) is 1. The molecular weight excluding hydrogens is 338 g/mol. The summed E-state index contributed by atoms with van der Waals surface area (Å²) in [6.07, 6.45) is 3.26. The van der Waals surface area contributed by atoms with Gasteiger partial charge in [-0.05, 0) is 19.8 Å². The molecule has 5 atom stereocenters. The lowest BCUT2D eigenvalue weighted by Crippen LogP contribution is -2.44. The van der Waals surface area contributed by atoms with Crippen LogP contribution in [0.2, 0.25) is 5.54 Å². The van der Waals surface area contributed by atoms with E-state index in [-0.39, 0.29) is 39.5 Å². The molecule has 2 aromatic heterocycles. The molecule has 3 N–H and O–H groups in total. The number of ether oxygens (including phenoxy) is 2. The van der Waals surface area contributed by atoms with Crippen molar-refractivity contribution in [2.45, 2.75) is 57.1 Å². The Bertz CT molecular complexity index is 799. The van der Waals surface area contributed by atoms with Gasteiger partial charge in [-0.25, -0.2) is 9.97 Å². The molecule has 1 radical (unpaired) electrons. The van der Waals surface area contributed by atoms with Gasteiger partial charge in [0.25, 0.3) is 0 Å². The van der Waals surface area contributed by atoms with Gasteiger partial charge in [-0.1, -0.05) is 19.8 Å². The fraction of sp³-hybridized carbons (Fsp3) is 0.688. The molecule has 0 aromatic carbocycles. The summed E-state index contributed by atoms with van der Waals surface area (Å²) < 4.78 is 14.2. The Hall–Kier alpha value is -1.55. The van der Waals surface area contributed by atoms with Gasteiger partial charge in [-0.2, -0.15) is 10.5 Å². The van der Waals surface area contributed by atoms with Crippen LogP contribution in [0.15, 0.2) is 6.33 Å². The lowest BCUT2D eigenvalue weighted by molar-refractivity contribution is -0.105. The summed E-state index contributed by atoms with van der Waals surface area (Å²) in [5, 5.41) is 0. The van der Waals surface area contributed by atoms with Crippen LogP contribution in [0.4, 0.5) is 5.95 Å². The van der Waals surface area contributed by atoms with E-state index in [1.54, 1.807) is 6.33 Å². The number of rotatable bonds is 3. The number of hydrogen-bond donors (Lipinski definition) is 2. The highest BCUT2D eigenvalue weighted by Crippen LogP contribution is 2.56. The molecule has 0 bridgehead atoms. The molecule has 8 nitrogen and oxygen atoms in total. The molecule has 1 saturated carbocycles. The van der Waals surface area contributed by atoms with Gasteiger partial charge in [0.2, 0.25) is 5.95 Å². The molecular formula is C16H23N5O3Si-. The van der Waals surface area contributed by atoms with Crippen molar-refractivity contribution >= 4 is 26.9 Å². The van der Waals surface area contributed by atoms with Crippen LogP contribution in [-0.4, -0.2) is 52.6 Å². The maximum Gasteiger partial charge on any atom is 0.222 e. The number of fused-ring (bicyclic) bond motifs is 1. The molecule has 2 fully saturated rings. The van der Waals surface area contributed by atoms with Crippen molar-refractivity contribution in [2.24, 2.45) is 5.92 Å². The Morgan fingerprint density at radius 1 is 1.48 bits per heavy atom. The standard InChI is InChI=1S/C16H23N5O3Si/c1-4-10-11(25-22)5-12(16(10)6-23-9(3)24-16)21-7-18-13-8(2)19-15(17)20-14(13)21/h7,9-12,22H,4-6H2,1-3H3,(H2,17,19,20)/q-1/t9?,10-,11+,12+,16+/m1/s1. The van der Waals surface area contributed by atoms with Crippen molar-refractivity contribution in [3.8, 4) is 0 Å². The van der Waals surface area contributed by atoms with E-state index < -0.39 is 5.60 Å². The van der Waals surface area contributed by atoms with Gasteiger partial charge in [0.1, 0.15) is 11.1 Å². The first kappa shape index (κ1) is 16.9. The van der Waals surface area contributed by atoms with Gasteiger partial charge in [0, 0.05) is 0 Å². The third-order valence-corrected chi connectivity index (χ3v) is 6.61. The second-order valence-corrected chi connectivity index (χ2v) is 7.94. The first-order chi connectivity index (χ1) is 12.0. The molecule has 1 aliphatic carbocycles. The van der Waals surface area contributed by atoms with Gasteiger partial charge in [-0.15, -0.1) is 0 Å². The van der Waals surface area contributed by atoms with Gasteiger partial charge < -0.3 is 24.6 Å². The minimum absolute atomic E-state index is 0.00856. The third kappa shape index (κ3) is 2.41. The fourth-order valence-electron chi connectivity index (χ4n) is 4.61. The number of nitrogen functional groups attached to an aromatic ring is 1. The number of aromatic nitrogens is 4. The molecule has 1 saturated heterocycles. The minimum Gasteiger partial charge on any atom is -0.634 e. The van der Waals surface area contributed by atoms with Crippen LogP contribution in [0.3, 0.4) is 0 Å². The van der Waals surface area contributed by atoms with Gasteiger partial charge >= 0.3 is 0 Å². The number of imidazole rings is 1. The Kier molecular flexibility index (Phi) is 4.06. The molecule has 135 valence electrons. The van der Waals surface area contributed by atoms with E-state index in [1.165, 1.54) is 0 Å². The summed E-state index contributed by atoms with van der Waals surface area (Å²) in [4.78, 5) is 23.1. The van der Waals surface area contributed by atoms with Crippen LogP contribution in [0.25, 0.3) is 11.2 Å². The zero-order valence-electron chi connectivity index (χ0n) is 14.6. The number of aryl methyl sites for hydroxylation is 1. The van der Waals surface area contributed by atoms with Crippen molar-refractivity contribution in [3.05, 3.63) is 12.0 Å². The van der Waals surface area contributed by atoms with Gasteiger partial charge in [0.05, 0.1) is 24.7 Å². The lowest BCUT2D eigenvalue weighted by atomic mass is 9.86. The quantitative estimate of drug-likeness (QED) is 0.791. The number of nitrogens with zero attached hydrogens (tertiary/aromatic N) is 4. The molecule has 2 aliphatic rings. The lowest BCUT2D eigenvalue weighted by Gasteiger charge is -2.37. The summed E-state index contributed by atoms with van der Waals surface area (Å²) in [6, 6.07) is -0.00856. The third-order valence-electron chi connectivity index (χ3n) is 5.64. The maximum atomic E-state index is 9.95. The minimum atomic E-state index is -0.476. The van der Waals surface area contributed by atoms with Gasteiger partial charge in [-0.3, -0.25) is 9.76 Å². The summed E-state index contributed by atoms with van der Waals surface area (Å²) in [5.74, 6) is 0.465. The second-order valence-electron chi connectivity index (χ2n) is 6.94. The monoisotopic (exact) mass is 361 g/mol. The van der Waals surface area contributed by atoms with Crippen molar-refractivity contribution in [2.75, 3.05) is 12.3 Å².